The lowest BCUT2D eigenvalue weighted by Crippen LogP contribution is -2.43. The first-order valence-electron chi connectivity index (χ1n) is 4.55. The standard InChI is InChI=1S/C9H14BrNO3/c1-6-3-4-11(9(13)14-2)8(6)7(12)5-10/h6,8H,3-5H2,1-2H3. The molecular weight excluding hydrogens is 250 g/mol. The number of ether oxygens (including phenoxy) is 1. The molecule has 0 aliphatic carbocycles. The number of halogens is 1. The van der Waals surface area contributed by atoms with Gasteiger partial charge < -0.3 is 4.74 Å². The van der Waals surface area contributed by atoms with Crippen LogP contribution in [0.25, 0.3) is 0 Å². The molecule has 5 heteroatoms. The molecule has 4 nitrogen and oxygen atoms in total. The fraction of sp³-hybridized carbons (Fsp3) is 0.778. The molecule has 14 heavy (non-hydrogen) atoms. The summed E-state index contributed by atoms with van der Waals surface area (Å²) < 4.78 is 4.63. The molecule has 1 amide bonds. The number of likely N-dealkylation sites (tertiary alicyclic amines) is 1. The third-order valence-electron chi connectivity index (χ3n) is 2.57. The van der Waals surface area contributed by atoms with Crippen LogP contribution in [0.1, 0.15) is 13.3 Å². The predicted molar refractivity (Wildman–Crippen MR) is 55.5 cm³/mol. The summed E-state index contributed by atoms with van der Waals surface area (Å²) in [6.07, 6.45) is 0.451. The summed E-state index contributed by atoms with van der Waals surface area (Å²) >= 11 is 3.12. The van der Waals surface area contributed by atoms with Gasteiger partial charge in [0.1, 0.15) is 0 Å². The minimum Gasteiger partial charge on any atom is -0.453 e. The Labute approximate surface area is 91.7 Å². The second-order valence-corrected chi connectivity index (χ2v) is 4.03. The normalized spacial score (nSPS) is 26.4. The van der Waals surface area contributed by atoms with Crippen molar-refractivity contribution in [2.24, 2.45) is 5.92 Å². The van der Waals surface area contributed by atoms with Gasteiger partial charge in [-0.15, -0.1) is 0 Å². The number of hydrogen-bond donors (Lipinski definition) is 0. The van der Waals surface area contributed by atoms with Gasteiger partial charge in [0.25, 0.3) is 0 Å². The first-order valence-corrected chi connectivity index (χ1v) is 5.67. The third-order valence-corrected chi connectivity index (χ3v) is 3.12. The van der Waals surface area contributed by atoms with Crippen LogP contribution in [0.2, 0.25) is 0 Å². The van der Waals surface area contributed by atoms with E-state index in [0.717, 1.165) is 6.42 Å². The van der Waals surface area contributed by atoms with Crippen molar-refractivity contribution < 1.29 is 14.3 Å². The number of rotatable bonds is 2. The zero-order chi connectivity index (χ0) is 10.7. The van der Waals surface area contributed by atoms with E-state index in [1.54, 1.807) is 0 Å². The van der Waals surface area contributed by atoms with Gasteiger partial charge in [0, 0.05) is 6.54 Å². The molecule has 0 aromatic heterocycles. The lowest BCUT2D eigenvalue weighted by atomic mass is 10.00. The van der Waals surface area contributed by atoms with Gasteiger partial charge in [0.2, 0.25) is 0 Å². The summed E-state index contributed by atoms with van der Waals surface area (Å²) in [5, 5.41) is 0.287. The Morgan fingerprint density at radius 2 is 2.21 bits per heavy atom. The average molecular weight is 264 g/mol. The molecule has 1 aliphatic heterocycles. The van der Waals surface area contributed by atoms with Crippen LogP contribution in [0.4, 0.5) is 4.79 Å². The van der Waals surface area contributed by atoms with Crippen LogP contribution in [-0.2, 0) is 9.53 Å². The van der Waals surface area contributed by atoms with Gasteiger partial charge in [0.15, 0.2) is 5.78 Å². The van der Waals surface area contributed by atoms with E-state index >= 15 is 0 Å². The summed E-state index contributed by atoms with van der Waals surface area (Å²) in [7, 11) is 1.33. The number of nitrogens with zero attached hydrogens (tertiary/aromatic N) is 1. The van der Waals surface area contributed by atoms with E-state index in [1.807, 2.05) is 6.92 Å². The summed E-state index contributed by atoms with van der Waals surface area (Å²) in [6, 6.07) is -0.318. The number of ketones is 1. The number of Topliss-reactive ketones (excluding diaryl/α,β-unsaturated/α-hetero) is 1. The van der Waals surface area contributed by atoms with Crippen molar-refractivity contribution in [1.82, 2.24) is 4.90 Å². The average Bonchev–Trinajstić information content (AvgIpc) is 2.58. The van der Waals surface area contributed by atoms with Crippen LogP contribution in [0.5, 0.6) is 0 Å². The van der Waals surface area contributed by atoms with E-state index in [9.17, 15) is 9.59 Å². The molecule has 1 aliphatic rings. The molecule has 1 fully saturated rings. The topological polar surface area (TPSA) is 46.6 Å². The Hall–Kier alpha value is -0.580. The second-order valence-electron chi connectivity index (χ2n) is 3.47. The minimum absolute atomic E-state index is 0.0420. The van der Waals surface area contributed by atoms with Crippen LogP contribution in [-0.4, -0.2) is 41.8 Å². The number of carbonyl (C=O) groups excluding carboxylic acids is 2. The SMILES string of the molecule is COC(=O)N1CCC(C)C1C(=O)CBr. The van der Waals surface area contributed by atoms with Crippen molar-refractivity contribution in [2.75, 3.05) is 19.0 Å². The maximum absolute atomic E-state index is 11.6. The van der Waals surface area contributed by atoms with Crippen molar-refractivity contribution in [3.63, 3.8) is 0 Å². The van der Waals surface area contributed by atoms with Crippen LogP contribution in [0.3, 0.4) is 0 Å². The van der Waals surface area contributed by atoms with Gasteiger partial charge in [-0.25, -0.2) is 4.79 Å². The van der Waals surface area contributed by atoms with Crippen LogP contribution < -0.4 is 0 Å². The molecule has 80 valence electrons. The van der Waals surface area contributed by atoms with Crippen LogP contribution in [0, 0.1) is 5.92 Å². The molecule has 0 radical (unpaired) electrons. The summed E-state index contributed by atoms with van der Waals surface area (Å²) in [6.45, 7) is 2.59. The van der Waals surface area contributed by atoms with E-state index in [1.165, 1.54) is 12.0 Å². The highest BCUT2D eigenvalue weighted by Crippen LogP contribution is 2.25. The fourth-order valence-electron chi connectivity index (χ4n) is 1.84. The van der Waals surface area contributed by atoms with Gasteiger partial charge in [-0.2, -0.15) is 0 Å². The van der Waals surface area contributed by atoms with Crippen molar-refractivity contribution in [2.45, 2.75) is 19.4 Å². The molecule has 0 saturated carbocycles. The highest BCUT2D eigenvalue weighted by molar-refractivity contribution is 9.09. The number of alkyl halides is 1. The van der Waals surface area contributed by atoms with Crippen molar-refractivity contribution in [1.29, 1.82) is 0 Å². The van der Waals surface area contributed by atoms with E-state index in [2.05, 4.69) is 20.7 Å². The Bertz CT molecular complexity index is 244. The fourth-order valence-corrected chi connectivity index (χ4v) is 2.17. The molecule has 1 heterocycles. The van der Waals surface area contributed by atoms with Gasteiger partial charge in [0.05, 0.1) is 18.5 Å². The maximum Gasteiger partial charge on any atom is 0.410 e. The molecular formula is C9H14BrNO3. The van der Waals surface area contributed by atoms with Crippen LogP contribution >= 0.6 is 15.9 Å². The summed E-state index contributed by atoms with van der Waals surface area (Å²) in [5.41, 5.74) is 0. The molecule has 2 atom stereocenters. The molecule has 2 unspecified atom stereocenters. The lowest BCUT2D eigenvalue weighted by molar-refractivity contribution is -0.121. The van der Waals surface area contributed by atoms with Crippen LogP contribution in [0.15, 0.2) is 0 Å². The van der Waals surface area contributed by atoms with Gasteiger partial charge in [-0.05, 0) is 12.3 Å². The third kappa shape index (κ3) is 2.08. The summed E-state index contributed by atoms with van der Waals surface area (Å²) in [4.78, 5) is 24.4. The minimum atomic E-state index is -0.409. The van der Waals surface area contributed by atoms with Gasteiger partial charge >= 0.3 is 6.09 Å². The zero-order valence-electron chi connectivity index (χ0n) is 8.33. The van der Waals surface area contributed by atoms with Crippen molar-refractivity contribution in [3.8, 4) is 0 Å². The molecule has 1 saturated heterocycles. The quantitative estimate of drug-likeness (QED) is 0.709. The maximum atomic E-state index is 11.6. The molecule has 0 aromatic carbocycles. The van der Waals surface area contributed by atoms with E-state index in [0.29, 0.717) is 6.54 Å². The Balaban J connectivity index is 2.76. The van der Waals surface area contributed by atoms with E-state index in [4.69, 9.17) is 0 Å². The first kappa shape index (κ1) is 11.5. The Morgan fingerprint density at radius 1 is 1.57 bits per heavy atom. The number of carbonyl (C=O) groups is 2. The number of amides is 1. The Kier molecular flexibility index (Phi) is 3.92. The number of methoxy groups -OCH3 is 1. The highest BCUT2D eigenvalue weighted by atomic mass is 79.9. The highest BCUT2D eigenvalue weighted by Gasteiger charge is 2.39. The first-order chi connectivity index (χ1) is 6.61. The summed E-state index contributed by atoms with van der Waals surface area (Å²) in [5.74, 6) is 0.263. The second kappa shape index (κ2) is 4.77. The molecule has 0 spiro atoms. The van der Waals surface area contributed by atoms with Gasteiger partial charge in [-0.3, -0.25) is 9.69 Å². The van der Waals surface area contributed by atoms with Gasteiger partial charge in [-0.1, -0.05) is 22.9 Å². The van der Waals surface area contributed by atoms with Crippen molar-refractivity contribution >= 4 is 27.8 Å². The molecule has 0 N–H and O–H groups in total. The zero-order valence-corrected chi connectivity index (χ0v) is 9.91. The monoisotopic (exact) mass is 263 g/mol. The van der Waals surface area contributed by atoms with E-state index in [-0.39, 0.29) is 23.1 Å². The number of hydrogen-bond acceptors (Lipinski definition) is 3. The largest absolute Gasteiger partial charge is 0.453 e. The lowest BCUT2D eigenvalue weighted by Gasteiger charge is -2.23. The molecule has 0 bridgehead atoms. The van der Waals surface area contributed by atoms with Crippen molar-refractivity contribution in [3.05, 3.63) is 0 Å². The molecule has 0 aromatic rings. The predicted octanol–water partition coefficient (Wildman–Crippen LogP) is 1.43. The smallest absolute Gasteiger partial charge is 0.410 e. The van der Waals surface area contributed by atoms with E-state index < -0.39 is 6.09 Å². The molecule has 1 rings (SSSR count). The Morgan fingerprint density at radius 3 is 2.71 bits per heavy atom.